The van der Waals surface area contributed by atoms with Gasteiger partial charge in [-0.25, -0.2) is 4.39 Å². The topological polar surface area (TPSA) is 17.1 Å². The average molecular weight is 263 g/mol. The summed E-state index contributed by atoms with van der Waals surface area (Å²) < 4.78 is 13.3. The number of hydrogen-bond donors (Lipinski definition) is 0. The fourth-order valence-electron chi connectivity index (χ4n) is 1.91. The van der Waals surface area contributed by atoms with Gasteiger partial charge in [-0.05, 0) is 44.2 Å². The minimum atomic E-state index is -0.577. The van der Waals surface area contributed by atoms with Crippen LogP contribution in [0.15, 0.2) is 36.4 Å². The Labute approximate surface area is 110 Å². The van der Waals surface area contributed by atoms with Crippen LogP contribution in [0.2, 0.25) is 5.02 Å². The van der Waals surface area contributed by atoms with Crippen LogP contribution >= 0.6 is 11.6 Å². The van der Waals surface area contributed by atoms with Crippen molar-refractivity contribution in [3.63, 3.8) is 0 Å². The number of halogens is 2. The molecular weight excluding hydrogens is 251 g/mol. The summed E-state index contributed by atoms with van der Waals surface area (Å²) in [5.74, 6) is -0.774. The second-order valence-electron chi connectivity index (χ2n) is 4.33. The molecule has 0 bridgehead atoms. The van der Waals surface area contributed by atoms with E-state index < -0.39 is 5.82 Å². The molecule has 1 nitrogen and oxygen atoms in total. The van der Waals surface area contributed by atoms with E-state index in [0.717, 1.165) is 11.1 Å². The van der Waals surface area contributed by atoms with Gasteiger partial charge in [0.1, 0.15) is 5.82 Å². The Morgan fingerprint density at radius 3 is 2.17 bits per heavy atom. The normalized spacial score (nSPS) is 10.4. The molecule has 2 rings (SSSR count). The third-order valence-corrected chi connectivity index (χ3v) is 2.97. The first kappa shape index (κ1) is 12.8. The number of rotatable bonds is 2. The SMILES string of the molecule is Cc1cc(C)cc(C(=O)c2ccc(Cl)c(F)c2)c1. The predicted molar refractivity (Wildman–Crippen MR) is 70.8 cm³/mol. The van der Waals surface area contributed by atoms with Crippen molar-refractivity contribution in [1.82, 2.24) is 0 Å². The molecule has 0 amide bonds. The molecular formula is C15H12ClFO. The Bertz CT molecular complexity index is 600. The van der Waals surface area contributed by atoms with Crippen molar-refractivity contribution < 1.29 is 9.18 Å². The van der Waals surface area contributed by atoms with Gasteiger partial charge in [-0.1, -0.05) is 28.8 Å². The molecule has 0 aliphatic rings. The first-order valence-electron chi connectivity index (χ1n) is 5.55. The van der Waals surface area contributed by atoms with E-state index in [9.17, 15) is 9.18 Å². The Morgan fingerprint density at radius 2 is 1.61 bits per heavy atom. The van der Waals surface area contributed by atoms with Crippen LogP contribution in [0.4, 0.5) is 4.39 Å². The smallest absolute Gasteiger partial charge is 0.193 e. The first-order chi connectivity index (χ1) is 8.47. The highest BCUT2D eigenvalue weighted by atomic mass is 35.5. The van der Waals surface area contributed by atoms with Crippen molar-refractivity contribution >= 4 is 17.4 Å². The van der Waals surface area contributed by atoms with Crippen LogP contribution in [0.25, 0.3) is 0 Å². The van der Waals surface area contributed by atoms with Gasteiger partial charge in [0.05, 0.1) is 5.02 Å². The van der Waals surface area contributed by atoms with Crippen molar-refractivity contribution in [2.75, 3.05) is 0 Å². The van der Waals surface area contributed by atoms with Crippen LogP contribution < -0.4 is 0 Å². The fourth-order valence-corrected chi connectivity index (χ4v) is 2.03. The van der Waals surface area contributed by atoms with Gasteiger partial charge < -0.3 is 0 Å². The van der Waals surface area contributed by atoms with Crippen molar-refractivity contribution in [3.8, 4) is 0 Å². The highest BCUT2D eigenvalue weighted by molar-refractivity contribution is 6.30. The summed E-state index contributed by atoms with van der Waals surface area (Å²) in [4.78, 5) is 12.2. The molecule has 0 atom stereocenters. The fraction of sp³-hybridized carbons (Fsp3) is 0.133. The molecule has 0 spiro atoms. The Hall–Kier alpha value is -1.67. The molecule has 0 aliphatic carbocycles. The van der Waals surface area contributed by atoms with E-state index in [2.05, 4.69) is 0 Å². The van der Waals surface area contributed by atoms with Crippen molar-refractivity contribution in [2.24, 2.45) is 0 Å². The molecule has 0 N–H and O–H groups in total. The number of carbonyl (C=O) groups is 1. The van der Waals surface area contributed by atoms with Crippen LogP contribution in [0, 0.1) is 19.7 Å². The maximum absolute atomic E-state index is 13.3. The Morgan fingerprint density at radius 1 is 1.00 bits per heavy atom. The predicted octanol–water partition coefficient (Wildman–Crippen LogP) is 4.33. The molecule has 0 saturated heterocycles. The zero-order chi connectivity index (χ0) is 13.3. The summed E-state index contributed by atoms with van der Waals surface area (Å²) in [6.45, 7) is 3.85. The largest absolute Gasteiger partial charge is 0.289 e. The standard InChI is InChI=1S/C15H12ClFO/c1-9-5-10(2)7-12(6-9)15(18)11-3-4-13(16)14(17)8-11/h3-8H,1-2H3. The summed E-state index contributed by atoms with van der Waals surface area (Å²) in [5, 5.41) is 0.0203. The van der Waals surface area contributed by atoms with E-state index in [1.807, 2.05) is 19.9 Å². The van der Waals surface area contributed by atoms with Crippen molar-refractivity contribution in [1.29, 1.82) is 0 Å². The molecule has 0 aromatic heterocycles. The average Bonchev–Trinajstić information content (AvgIpc) is 2.30. The van der Waals surface area contributed by atoms with Gasteiger partial charge in [0.15, 0.2) is 5.78 Å². The lowest BCUT2D eigenvalue weighted by atomic mass is 9.99. The Balaban J connectivity index is 2.44. The minimum absolute atomic E-state index is 0.0203. The molecule has 2 aromatic rings. The lowest BCUT2D eigenvalue weighted by Gasteiger charge is -2.05. The zero-order valence-electron chi connectivity index (χ0n) is 10.1. The van der Waals surface area contributed by atoms with Gasteiger partial charge in [0, 0.05) is 11.1 Å². The zero-order valence-corrected chi connectivity index (χ0v) is 10.9. The molecule has 2 aromatic carbocycles. The molecule has 3 heteroatoms. The van der Waals surface area contributed by atoms with Gasteiger partial charge in [-0.2, -0.15) is 0 Å². The van der Waals surface area contributed by atoms with E-state index in [0.29, 0.717) is 11.1 Å². The molecule has 0 aliphatic heterocycles. The van der Waals surface area contributed by atoms with Crippen LogP contribution in [0.5, 0.6) is 0 Å². The van der Waals surface area contributed by atoms with E-state index in [1.54, 1.807) is 12.1 Å². The van der Waals surface area contributed by atoms with Gasteiger partial charge in [-0.3, -0.25) is 4.79 Å². The van der Waals surface area contributed by atoms with E-state index >= 15 is 0 Å². The summed E-state index contributed by atoms with van der Waals surface area (Å²) in [6, 6.07) is 9.67. The lowest BCUT2D eigenvalue weighted by Crippen LogP contribution is -2.02. The lowest BCUT2D eigenvalue weighted by molar-refractivity contribution is 0.103. The molecule has 0 unspecified atom stereocenters. The number of aryl methyl sites for hydroxylation is 2. The summed E-state index contributed by atoms with van der Waals surface area (Å²) >= 11 is 5.60. The second kappa shape index (κ2) is 4.91. The van der Waals surface area contributed by atoms with E-state index in [4.69, 9.17) is 11.6 Å². The maximum atomic E-state index is 13.3. The number of benzene rings is 2. The van der Waals surface area contributed by atoms with Crippen LogP contribution in [0.1, 0.15) is 27.0 Å². The minimum Gasteiger partial charge on any atom is -0.289 e. The van der Waals surface area contributed by atoms with Crippen LogP contribution in [-0.4, -0.2) is 5.78 Å². The molecule has 0 saturated carbocycles. The van der Waals surface area contributed by atoms with Gasteiger partial charge in [-0.15, -0.1) is 0 Å². The number of carbonyl (C=O) groups excluding carboxylic acids is 1. The van der Waals surface area contributed by atoms with Crippen LogP contribution in [0.3, 0.4) is 0 Å². The van der Waals surface area contributed by atoms with Crippen molar-refractivity contribution in [3.05, 3.63) is 69.5 Å². The van der Waals surface area contributed by atoms with Gasteiger partial charge in [0.25, 0.3) is 0 Å². The van der Waals surface area contributed by atoms with Crippen LogP contribution in [-0.2, 0) is 0 Å². The van der Waals surface area contributed by atoms with Crippen molar-refractivity contribution in [2.45, 2.75) is 13.8 Å². The monoisotopic (exact) mass is 262 g/mol. The first-order valence-corrected chi connectivity index (χ1v) is 5.93. The second-order valence-corrected chi connectivity index (χ2v) is 4.74. The summed E-state index contributed by atoms with van der Waals surface area (Å²) in [7, 11) is 0. The third kappa shape index (κ3) is 2.59. The highest BCUT2D eigenvalue weighted by Crippen LogP contribution is 2.19. The third-order valence-electron chi connectivity index (χ3n) is 2.67. The van der Waals surface area contributed by atoms with E-state index in [1.165, 1.54) is 18.2 Å². The molecule has 0 radical (unpaired) electrons. The highest BCUT2D eigenvalue weighted by Gasteiger charge is 2.12. The molecule has 0 heterocycles. The van der Waals surface area contributed by atoms with Gasteiger partial charge >= 0.3 is 0 Å². The quantitative estimate of drug-likeness (QED) is 0.737. The molecule has 92 valence electrons. The molecule has 18 heavy (non-hydrogen) atoms. The van der Waals surface area contributed by atoms with Gasteiger partial charge in [0.2, 0.25) is 0 Å². The number of ketones is 1. The molecule has 0 fully saturated rings. The number of hydrogen-bond acceptors (Lipinski definition) is 1. The summed E-state index contributed by atoms with van der Waals surface area (Å²) in [6.07, 6.45) is 0. The summed E-state index contributed by atoms with van der Waals surface area (Å²) in [5.41, 5.74) is 2.89. The maximum Gasteiger partial charge on any atom is 0.193 e. The Kier molecular flexibility index (Phi) is 3.48. The van der Waals surface area contributed by atoms with E-state index in [-0.39, 0.29) is 10.8 Å².